The first kappa shape index (κ1) is 19.2. The summed E-state index contributed by atoms with van der Waals surface area (Å²) in [5.74, 6) is 2.62. The zero-order valence-electron chi connectivity index (χ0n) is 12.1. The second kappa shape index (κ2) is 9.36. The molecule has 0 spiro atoms. The van der Waals surface area contributed by atoms with E-state index in [1.165, 1.54) is 19.7 Å². The average Bonchev–Trinajstić information content (AvgIpc) is 2.89. The van der Waals surface area contributed by atoms with Crippen molar-refractivity contribution >= 4 is 30.1 Å². The Morgan fingerprint density at radius 1 is 1.55 bits per heavy atom. The van der Waals surface area contributed by atoms with Gasteiger partial charge in [-0.3, -0.25) is 14.3 Å². The fourth-order valence-electron chi connectivity index (χ4n) is 1.91. The van der Waals surface area contributed by atoms with E-state index in [1.807, 2.05) is 35.1 Å². The van der Waals surface area contributed by atoms with Gasteiger partial charge in [0.25, 0.3) is 5.56 Å². The summed E-state index contributed by atoms with van der Waals surface area (Å²) in [6, 6.07) is 0. The van der Waals surface area contributed by atoms with E-state index < -0.39 is 29.7 Å². The first-order chi connectivity index (χ1) is 10.6. The van der Waals surface area contributed by atoms with Crippen LogP contribution in [0.4, 0.5) is 0 Å². The molecule has 1 aliphatic heterocycles. The Morgan fingerprint density at radius 3 is 2.77 bits per heavy atom. The van der Waals surface area contributed by atoms with Gasteiger partial charge in [-0.05, 0) is 20.1 Å². The lowest BCUT2D eigenvalue weighted by Gasteiger charge is -2.14. The third-order valence-corrected chi connectivity index (χ3v) is 3.73. The van der Waals surface area contributed by atoms with Crippen molar-refractivity contribution in [3.05, 3.63) is 32.6 Å². The van der Waals surface area contributed by atoms with Crippen LogP contribution in [0.2, 0.25) is 0 Å². The number of nitrogens with one attached hydrogen (secondary N) is 1. The maximum Gasteiger partial charge on any atom is 0.330 e. The van der Waals surface area contributed by atoms with E-state index >= 15 is 0 Å². The molecule has 0 amide bonds. The molecule has 122 valence electrons. The number of aliphatic hydroxyl groups excluding tert-OH is 2. The summed E-state index contributed by atoms with van der Waals surface area (Å²) < 4.78 is 6.54. The second-order valence-electron chi connectivity index (χ2n) is 4.13. The Kier molecular flexibility index (Phi) is 8.19. The summed E-state index contributed by atoms with van der Waals surface area (Å²) in [5, 5.41) is 21.4. The zero-order valence-corrected chi connectivity index (χ0v) is 15.1. The van der Waals surface area contributed by atoms with Crippen molar-refractivity contribution < 1.29 is 14.9 Å². The normalized spacial score (nSPS) is 23.2. The molecule has 3 atom stereocenters. The number of ether oxygens (including phenoxy) is 1. The van der Waals surface area contributed by atoms with Gasteiger partial charge in [0.15, 0.2) is 0 Å². The molecule has 0 bridgehead atoms. The molecule has 1 fully saturated rings. The summed E-state index contributed by atoms with van der Waals surface area (Å²) >= 11 is 1.97. The topological polar surface area (TPSA) is 105 Å². The quantitative estimate of drug-likeness (QED) is 0.460. The summed E-state index contributed by atoms with van der Waals surface area (Å²) in [7, 11) is 1.22. The van der Waals surface area contributed by atoms with Gasteiger partial charge in [0.2, 0.25) is 0 Å². The molecule has 0 aromatic carbocycles. The van der Waals surface area contributed by atoms with Gasteiger partial charge >= 0.3 is 5.69 Å². The first-order valence-corrected chi connectivity index (χ1v) is 10.0. The van der Waals surface area contributed by atoms with Gasteiger partial charge in [-0.2, -0.15) is 0 Å². The third kappa shape index (κ3) is 4.60. The minimum Gasteiger partial charge on any atom is -0.394 e. The van der Waals surface area contributed by atoms with Crippen LogP contribution in [-0.4, -0.2) is 38.6 Å². The maximum absolute atomic E-state index is 11.8. The number of hydrogen-bond acceptors (Lipinski definition) is 6. The highest BCUT2D eigenvalue weighted by Gasteiger charge is 2.35. The fraction of sp³-hybridized carbons (Fsp3) is 0.538. The second-order valence-corrected chi connectivity index (χ2v) is 5.81. The number of nitrogens with zero attached hydrogens (tertiary/aromatic N) is 1. The molecule has 3 N–H and O–H groups in total. The number of rotatable bonds is 2. The largest absolute Gasteiger partial charge is 0.394 e. The zero-order chi connectivity index (χ0) is 16.7. The van der Waals surface area contributed by atoms with Crippen LogP contribution in [0.5, 0.6) is 0 Å². The first-order valence-electron chi connectivity index (χ1n) is 6.65. The van der Waals surface area contributed by atoms with Gasteiger partial charge in [0.05, 0.1) is 12.7 Å². The third-order valence-electron chi connectivity index (χ3n) is 2.89. The van der Waals surface area contributed by atoms with E-state index in [1.54, 1.807) is 0 Å². The van der Waals surface area contributed by atoms with E-state index in [-0.39, 0.29) is 18.6 Å². The SMILES string of the molecule is CC.O=c1[nH]c(=O)n(C2CC(O)C(CO)O2)cc1C#CSI. The smallest absolute Gasteiger partial charge is 0.330 e. The Labute approximate surface area is 143 Å². The van der Waals surface area contributed by atoms with Gasteiger partial charge in [-0.25, -0.2) is 4.79 Å². The van der Waals surface area contributed by atoms with Crippen LogP contribution >= 0.6 is 30.1 Å². The monoisotopic (exact) mass is 440 g/mol. The van der Waals surface area contributed by atoms with E-state index in [2.05, 4.69) is 16.2 Å². The van der Waals surface area contributed by atoms with Crippen molar-refractivity contribution in [2.45, 2.75) is 38.7 Å². The highest BCUT2D eigenvalue weighted by molar-refractivity contribution is 14.2. The molecule has 9 heteroatoms. The van der Waals surface area contributed by atoms with Crippen LogP contribution in [0.3, 0.4) is 0 Å². The van der Waals surface area contributed by atoms with Crippen LogP contribution in [0.25, 0.3) is 0 Å². The van der Waals surface area contributed by atoms with Crippen molar-refractivity contribution in [3.63, 3.8) is 0 Å². The molecule has 22 heavy (non-hydrogen) atoms. The van der Waals surface area contributed by atoms with Crippen molar-refractivity contribution in [1.82, 2.24) is 9.55 Å². The number of halogens is 1. The standard InChI is InChI=1S/C11H11IN2O5S.C2H6/c12-20-2-1-6-4-14(11(18)13-10(6)17)9-3-7(16)8(5-15)19-9;1-2/h4,7-9,15-16H,3,5H2,(H,13,17,18);1-2H3. The number of H-pyrrole nitrogens is 1. The fourth-order valence-corrected chi connectivity index (χ4v) is 2.39. The van der Waals surface area contributed by atoms with Crippen molar-refractivity contribution in [2.75, 3.05) is 6.61 Å². The summed E-state index contributed by atoms with van der Waals surface area (Å²) in [6.07, 6.45) is -0.871. The van der Waals surface area contributed by atoms with Crippen LogP contribution in [-0.2, 0) is 4.74 Å². The van der Waals surface area contributed by atoms with Crippen LogP contribution in [0.15, 0.2) is 15.8 Å². The summed E-state index contributed by atoms with van der Waals surface area (Å²) in [5.41, 5.74) is -1.07. The molecular formula is C13H17IN2O5S. The predicted octanol–water partition coefficient (Wildman–Crippen LogP) is 0.596. The van der Waals surface area contributed by atoms with Gasteiger partial charge < -0.3 is 14.9 Å². The van der Waals surface area contributed by atoms with Crippen LogP contribution < -0.4 is 11.2 Å². The average molecular weight is 440 g/mol. The number of hydrogen-bond donors (Lipinski definition) is 3. The minimum atomic E-state index is -0.858. The molecular weight excluding hydrogens is 423 g/mol. The van der Waals surface area contributed by atoms with Gasteiger partial charge in [-0.1, -0.05) is 13.8 Å². The Hall–Kier alpha value is -0.800. The van der Waals surface area contributed by atoms with Gasteiger partial charge in [-0.15, -0.1) is 0 Å². The molecule has 2 heterocycles. The molecule has 2 rings (SSSR count). The lowest BCUT2D eigenvalue weighted by atomic mass is 10.2. The Balaban J connectivity index is 0.00000116. The summed E-state index contributed by atoms with van der Waals surface area (Å²) in [6.45, 7) is 3.66. The molecule has 0 saturated carbocycles. The van der Waals surface area contributed by atoms with E-state index in [0.29, 0.717) is 0 Å². The maximum atomic E-state index is 11.8. The Bertz CT molecular complexity index is 663. The van der Waals surface area contributed by atoms with Gasteiger partial charge in [0, 0.05) is 33.8 Å². The molecule has 0 radical (unpaired) electrons. The molecule has 1 saturated heterocycles. The van der Waals surface area contributed by atoms with Gasteiger partial charge in [0.1, 0.15) is 17.9 Å². The van der Waals surface area contributed by atoms with Crippen molar-refractivity contribution in [1.29, 1.82) is 0 Å². The van der Waals surface area contributed by atoms with E-state index in [4.69, 9.17) is 9.84 Å². The number of aromatic nitrogens is 2. The van der Waals surface area contributed by atoms with Crippen LogP contribution in [0.1, 0.15) is 32.1 Å². The molecule has 1 aromatic heterocycles. The lowest BCUT2D eigenvalue weighted by molar-refractivity contribution is -0.0459. The highest BCUT2D eigenvalue weighted by Crippen LogP contribution is 2.27. The molecule has 0 aliphatic carbocycles. The van der Waals surface area contributed by atoms with E-state index in [0.717, 1.165) is 0 Å². The number of aromatic amines is 1. The van der Waals surface area contributed by atoms with Crippen molar-refractivity contribution in [3.8, 4) is 11.2 Å². The molecule has 1 aliphatic rings. The molecule has 7 nitrogen and oxygen atoms in total. The molecule has 3 unspecified atom stereocenters. The lowest BCUT2D eigenvalue weighted by Crippen LogP contribution is -2.33. The minimum absolute atomic E-state index is 0.138. The van der Waals surface area contributed by atoms with Crippen molar-refractivity contribution in [2.24, 2.45) is 0 Å². The number of aliphatic hydroxyl groups is 2. The summed E-state index contributed by atoms with van der Waals surface area (Å²) in [4.78, 5) is 25.5. The predicted molar refractivity (Wildman–Crippen MR) is 92.8 cm³/mol. The van der Waals surface area contributed by atoms with Crippen LogP contribution in [0, 0.1) is 11.2 Å². The molecule has 1 aromatic rings. The Morgan fingerprint density at radius 2 is 2.23 bits per heavy atom. The van der Waals surface area contributed by atoms with E-state index in [9.17, 15) is 14.7 Å². The highest BCUT2D eigenvalue weighted by atomic mass is 127.